The number of benzene rings is 1. The van der Waals surface area contributed by atoms with Gasteiger partial charge in [-0.1, -0.05) is 43.7 Å². The van der Waals surface area contributed by atoms with Crippen molar-refractivity contribution in [3.63, 3.8) is 0 Å². The van der Waals surface area contributed by atoms with Gasteiger partial charge in [0.25, 0.3) is 0 Å². The summed E-state index contributed by atoms with van der Waals surface area (Å²) in [5.41, 5.74) is 3.27. The number of hydrogen-bond donors (Lipinski definition) is 2. The van der Waals surface area contributed by atoms with Crippen LogP contribution in [0.25, 0.3) is 10.2 Å². The van der Waals surface area contributed by atoms with Crippen molar-refractivity contribution < 1.29 is 14.6 Å². The van der Waals surface area contributed by atoms with Gasteiger partial charge in [0.2, 0.25) is 5.91 Å². The smallest absolute Gasteiger partial charge is 0.224 e. The van der Waals surface area contributed by atoms with Crippen molar-refractivity contribution in [1.82, 2.24) is 4.98 Å². The van der Waals surface area contributed by atoms with Crippen LogP contribution >= 0.6 is 11.3 Å². The molecule has 0 aliphatic carbocycles. The van der Waals surface area contributed by atoms with Gasteiger partial charge >= 0.3 is 0 Å². The lowest BCUT2D eigenvalue weighted by Crippen LogP contribution is -2.13. The maximum atomic E-state index is 12.5. The highest BCUT2D eigenvalue weighted by atomic mass is 32.1. The standard InChI is InChI=1S/C22H26N2O3S/c1-4-5-11-17(25)24-19-18-16(13-27-3)12-14(2)23-22(18)28-21(19)20(26)15-9-7-6-8-10-15/h6-10,12,20,26H,4-5,11,13H2,1-3H3,(H,24,25). The summed E-state index contributed by atoms with van der Waals surface area (Å²) in [4.78, 5) is 18.7. The predicted octanol–water partition coefficient (Wildman–Crippen LogP) is 4.96. The molecule has 28 heavy (non-hydrogen) atoms. The van der Waals surface area contributed by atoms with Gasteiger partial charge in [-0.3, -0.25) is 4.79 Å². The van der Waals surface area contributed by atoms with Gasteiger partial charge in [0.05, 0.1) is 17.2 Å². The predicted molar refractivity (Wildman–Crippen MR) is 114 cm³/mol. The van der Waals surface area contributed by atoms with Crippen molar-refractivity contribution in [2.75, 3.05) is 12.4 Å². The molecule has 0 bridgehead atoms. The van der Waals surface area contributed by atoms with Gasteiger partial charge in [-0.25, -0.2) is 4.98 Å². The van der Waals surface area contributed by atoms with E-state index in [0.717, 1.165) is 39.9 Å². The number of carbonyl (C=O) groups is 1. The molecule has 0 spiro atoms. The molecule has 2 N–H and O–H groups in total. The second-order valence-electron chi connectivity index (χ2n) is 6.84. The number of nitrogens with one attached hydrogen (secondary N) is 1. The summed E-state index contributed by atoms with van der Waals surface area (Å²) in [7, 11) is 1.65. The van der Waals surface area contributed by atoms with E-state index in [1.807, 2.05) is 43.3 Å². The zero-order chi connectivity index (χ0) is 20.1. The van der Waals surface area contributed by atoms with E-state index in [-0.39, 0.29) is 5.91 Å². The highest BCUT2D eigenvalue weighted by Crippen LogP contribution is 2.43. The monoisotopic (exact) mass is 398 g/mol. The fourth-order valence-corrected chi connectivity index (χ4v) is 4.48. The van der Waals surface area contributed by atoms with Crippen molar-refractivity contribution in [1.29, 1.82) is 0 Å². The molecule has 0 fully saturated rings. The summed E-state index contributed by atoms with van der Waals surface area (Å²) in [5, 5.41) is 15.0. The number of anilines is 1. The van der Waals surface area contributed by atoms with Crippen molar-refractivity contribution in [3.05, 3.63) is 58.1 Å². The molecule has 148 valence electrons. The number of pyridine rings is 1. The largest absolute Gasteiger partial charge is 0.383 e. The summed E-state index contributed by atoms with van der Waals surface area (Å²) >= 11 is 1.42. The highest BCUT2D eigenvalue weighted by molar-refractivity contribution is 7.19. The average molecular weight is 399 g/mol. The van der Waals surface area contributed by atoms with Crippen LogP contribution in [0.5, 0.6) is 0 Å². The molecule has 1 atom stereocenters. The van der Waals surface area contributed by atoms with Gasteiger partial charge < -0.3 is 15.2 Å². The van der Waals surface area contributed by atoms with E-state index in [1.54, 1.807) is 7.11 Å². The Morgan fingerprint density at radius 2 is 2.07 bits per heavy atom. The highest BCUT2D eigenvalue weighted by Gasteiger charge is 2.24. The first-order valence-electron chi connectivity index (χ1n) is 9.49. The van der Waals surface area contributed by atoms with E-state index >= 15 is 0 Å². The van der Waals surface area contributed by atoms with Crippen molar-refractivity contribution in [2.24, 2.45) is 0 Å². The Bertz CT molecular complexity index is 953. The molecule has 0 aliphatic heterocycles. The van der Waals surface area contributed by atoms with E-state index in [1.165, 1.54) is 11.3 Å². The van der Waals surface area contributed by atoms with Gasteiger partial charge in [0, 0.05) is 24.6 Å². The Morgan fingerprint density at radius 1 is 1.32 bits per heavy atom. The molecule has 3 aromatic rings. The van der Waals surface area contributed by atoms with Crippen molar-refractivity contribution in [2.45, 2.75) is 45.8 Å². The molecule has 5 nitrogen and oxygen atoms in total. The number of hydrogen-bond acceptors (Lipinski definition) is 5. The zero-order valence-corrected chi connectivity index (χ0v) is 17.3. The van der Waals surface area contributed by atoms with Gasteiger partial charge in [0.15, 0.2) is 0 Å². The summed E-state index contributed by atoms with van der Waals surface area (Å²) in [5.74, 6) is -0.0491. The van der Waals surface area contributed by atoms with Crippen molar-refractivity contribution >= 4 is 33.1 Å². The third kappa shape index (κ3) is 4.41. The number of aliphatic hydroxyl groups excluding tert-OH is 1. The molecule has 1 unspecified atom stereocenters. The van der Waals surface area contributed by atoms with E-state index < -0.39 is 6.10 Å². The maximum Gasteiger partial charge on any atom is 0.224 e. The molecule has 3 rings (SSSR count). The van der Waals surface area contributed by atoms with Crippen LogP contribution in [0.3, 0.4) is 0 Å². The number of methoxy groups -OCH3 is 1. The first kappa shape index (κ1) is 20.5. The number of nitrogens with zero attached hydrogens (tertiary/aromatic N) is 1. The zero-order valence-electron chi connectivity index (χ0n) is 16.5. The Kier molecular flexibility index (Phi) is 6.78. The van der Waals surface area contributed by atoms with Crippen LogP contribution in [0, 0.1) is 6.92 Å². The van der Waals surface area contributed by atoms with Crippen LogP contribution in [-0.2, 0) is 16.1 Å². The minimum absolute atomic E-state index is 0.0491. The molecule has 2 aromatic heterocycles. The number of carbonyl (C=O) groups excluding carboxylic acids is 1. The molecular formula is C22H26N2O3S. The number of aryl methyl sites for hydroxylation is 1. The van der Waals surface area contributed by atoms with Gasteiger partial charge in [-0.05, 0) is 30.5 Å². The normalized spacial score (nSPS) is 12.3. The molecule has 0 aliphatic rings. The molecule has 1 aromatic carbocycles. The fourth-order valence-electron chi connectivity index (χ4n) is 3.24. The summed E-state index contributed by atoms with van der Waals surface area (Å²) < 4.78 is 5.37. The van der Waals surface area contributed by atoms with E-state index in [4.69, 9.17) is 4.74 Å². The minimum atomic E-state index is -0.836. The third-order valence-electron chi connectivity index (χ3n) is 4.58. The van der Waals surface area contributed by atoms with Gasteiger partial charge in [-0.2, -0.15) is 0 Å². The van der Waals surface area contributed by atoms with Crippen molar-refractivity contribution in [3.8, 4) is 0 Å². The summed E-state index contributed by atoms with van der Waals surface area (Å²) in [6.07, 6.45) is 1.39. The van der Waals surface area contributed by atoms with Crippen LogP contribution in [0.4, 0.5) is 5.69 Å². The topological polar surface area (TPSA) is 71.5 Å². The first-order valence-corrected chi connectivity index (χ1v) is 10.3. The lowest BCUT2D eigenvalue weighted by molar-refractivity contribution is -0.116. The number of fused-ring (bicyclic) bond motifs is 1. The van der Waals surface area contributed by atoms with Crippen LogP contribution in [0.1, 0.15) is 54.0 Å². The van der Waals surface area contributed by atoms with Crippen LogP contribution < -0.4 is 5.32 Å². The Balaban J connectivity index is 2.14. The van der Waals surface area contributed by atoms with E-state index in [0.29, 0.717) is 23.6 Å². The summed E-state index contributed by atoms with van der Waals surface area (Å²) in [6, 6.07) is 11.4. The van der Waals surface area contributed by atoms with E-state index in [9.17, 15) is 9.90 Å². The first-order chi connectivity index (χ1) is 13.5. The second kappa shape index (κ2) is 9.28. The lowest BCUT2D eigenvalue weighted by Gasteiger charge is -2.14. The number of aromatic nitrogens is 1. The van der Waals surface area contributed by atoms with Gasteiger partial charge in [-0.15, -0.1) is 11.3 Å². The molecule has 0 saturated carbocycles. The van der Waals surface area contributed by atoms with Crippen LogP contribution in [0.15, 0.2) is 36.4 Å². The van der Waals surface area contributed by atoms with Crippen LogP contribution in [-0.4, -0.2) is 23.1 Å². The average Bonchev–Trinajstić information content (AvgIpc) is 3.04. The van der Waals surface area contributed by atoms with Gasteiger partial charge in [0.1, 0.15) is 10.9 Å². The Labute approximate surface area is 169 Å². The summed E-state index contributed by atoms with van der Waals surface area (Å²) in [6.45, 7) is 4.40. The number of rotatable bonds is 8. The lowest BCUT2D eigenvalue weighted by atomic mass is 10.0. The number of thiophene rings is 1. The quantitative estimate of drug-likeness (QED) is 0.562. The molecular weight excluding hydrogens is 372 g/mol. The molecule has 0 saturated heterocycles. The number of aliphatic hydroxyl groups is 1. The fraction of sp³-hybridized carbons (Fsp3) is 0.364. The second-order valence-corrected chi connectivity index (χ2v) is 7.87. The Hall–Kier alpha value is -2.28. The maximum absolute atomic E-state index is 12.5. The molecule has 1 amide bonds. The van der Waals surface area contributed by atoms with Crippen LogP contribution in [0.2, 0.25) is 0 Å². The Morgan fingerprint density at radius 3 is 2.75 bits per heavy atom. The number of amides is 1. The SMILES string of the molecule is CCCCC(=O)Nc1c(C(O)c2ccccc2)sc2nc(C)cc(COC)c12. The third-order valence-corrected chi connectivity index (χ3v) is 5.72. The number of unbranched alkanes of at least 4 members (excludes halogenated alkanes) is 1. The molecule has 2 heterocycles. The molecule has 0 radical (unpaired) electrons. The molecule has 6 heteroatoms. The number of ether oxygens (including phenoxy) is 1. The minimum Gasteiger partial charge on any atom is -0.383 e. The van der Waals surface area contributed by atoms with E-state index in [2.05, 4.69) is 17.2 Å².